The first-order chi connectivity index (χ1) is 2.83. The molecule has 4 heteroatoms. The smallest absolute Gasteiger partial charge is 0.290 e. The van der Waals surface area contributed by atoms with Gasteiger partial charge in [-0.1, -0.05) is 11.6 Å². The summed E-state index contributed by atoms with van der Waals surface area (Å²) in [6.07, 6.45) is 0. The molecule has 0 amide bonds. The average molecular weight is 113 g/mol. The van der Waals surface area contributed by atoms with Crippen LogP contribution in [0.2, 0.25) is 0 Å². The third kappa shape index (κ3) is 351. The highest BCUT2D eigenvalue weighted by atomic mass is 35.5. The van der Waals surface area contributed by atoms with Crippen LogP contribution in [-0.4, -0.2) is 22.8 Å². The molecule has 0 radical (unpaired) electrons. The second kappa shape index (κ2) is 22.1. The molecule has 0 saturated carbocycles. The van der Waals surface area contributed by atoms with E-state index in [0.29, 0.717) is 0 Å². The zero-order valence-electron chi connectivity index (χ0n) is 2.97. The van der Waals surface area contributed by atoms with Crippen molar-refractivity contribution in [1.82, 2.24) is 0 Å². The quantitative estimate of drug-likeness (QED) is 0.339. The van der Waals surface area contributed by atoms with Crippen molar-refractivity contribution in [3.63, 3.8) is 0 Å². The van der Waals surface area contributed by atoms with Crippen LogP contribution in [0, 0.1) is 0 Å². The molecule has 2 N–H and O–H groups in total. The summed E-state index contributed by atoms with van der Waals surface area (Å²) in [5.41, 5.74) is 0. The Bertz CT molecular complexity index is 22.8. The third-order valence-electron chi connectivity index (χ3n) is 0. The standard InChI is InChI=1S/CH3ClO.CH2O2/c2*2-1-3/h3H,1H2;1H,(H,2,3). The number of halogens is 1. The number of alkyl halides is 1. The lowest BCUT2D eigenvalue weighted by Crippen LogP contribution is -1.49. The molecule has 0 spiro atoms. The minimum atomic E-state index is -0.278. The summed E-state index contributed by atoms with van der Waals surface area (Å²) in [5.74, 6) is 0. The van der Waals surface area contributed by atoms with E-state index < -0.39 is 0 Å². The van der Waals surface area contributed by atoms with Crippen molar-refractivity contribution < 1.29 is 15.0 Å². The summed E-state index contributed by atoms with van der Waals surface area (Å²) in [6.45, 7) is -0.250. The van der Waals surface area contributed by atoms with Crippen molar-refractivity contribution >= 4 is 18.1 Å². The van der Waals surface area contributed by atoms with E-state index in [1.165, 1.54) is 0 Å². The first-order valence-corrected chi connectivity index (χ1v) is 1.61. The molecule has 0 atom stereocenters. The van der Waals surface area contributed by atoms with Gasteiger partial charge in [-0.15, -0.1) is 0 Å². The van der Waals surface area contributed by atoms with Crippen LogP contribution in [0.15, 0.2) is 0 Å². The summed E-state index contributed by atoms with van der Waals surface area (Å²) in [5, 5.41) is 14.2. The lowest BCUT2D eigenvalue weighted by molar-refractivity contribution is -0.122. The summed E-state index contributed by atoms with van der Waals surface area (Å²) in [7, 11) is 0. The van der Waals surface area contributed by atoms with E-state index in [4.69, 9.17) is 15.0 Å². The van der Waals surface area contributed by atoms with Gasteiger partial charge in [-0.25, -0.2) is 0 Å². The Morgan fingerprint density at radius 1 is 1.83 bits per heavy atom. The number of aliphatic hydroxyl groups is 1. The molecule has 0 aliphatic carbocycles. The molecule has 0 heterocycles. The minimum absolute atomic E-state index is 0.250. The molecule has 3 nitrogen and oxygen atoms in total. The summed E-state index contributed by atoms with van der Waals surface area (Å²) in [4.78, 5) is 8.36. The number of rotatable bonds is 0. The molecule has 0 aliphatic heterocycles. The molecular formula is C2H5ClO3. The molecular weight excluding hydrogens is 107 g/mol. The number of hydrogen-bond donors (Lipinski definition) is 2. The Morgan fingerprint density at radius 2 is 1.83 bits per heavy atom. The predicted molar refractivity (Wildman–Crippen MR) is 21.6 cm³/mol. The van der Waals surface area contributed by atoms with Gasteiger partial charge < -0.3 is 10.2 Å². The van der Waals surface area contributed by atoms with Crippen molar-refractivity contribution in [3.8, 4) is 0 Å². The van der Waals surface area contributed by atoms with Gasteiger partial charge in [0.1, 0.15) is 6.07 Å². The maximum Gasteiger partial charge on any atom is 0.290 e. The lowest BCUT2D eigenvalue weighted by atomic mass is 11.7. The SMILES string of the molecule is O=CO.OCCl. The molecule has 0 aromatic rings. The van der Waals surface area contributed by atoms with Gasteiger partial charge in [0.05, 0.1) is 0 Å². The minimum Gasteiger partial charge on any atom is -0.483 e. The van der Waals surface area contributed by atoms with E-state index in [0.717, 1.165) is 0 Å². The van der Waals surface area contributed by atoms with Gasteiger partial charge in [0, 0.05) is 0 Å². The second-order valence-electron chi connectivity index (χ2n) is 0.225. The Balaban J connectivity index is 0. The van der Waals surface area contributed by atoms with E-state index in [-0.39, 0.29) is 12.5 Å². The van der Waals surface area contributed by atoms with Crippen molar-refractivity contribution in [2.75, 3.05) is 6.07 Å². The molecule has 0 aromatic heterocycles. The van der Waals surface area contributed by atoms with Gasteiger partial charge in [-0.3, -0.25) is 4.79 Å². The fourth-order valence-electron chi connectivity index (χ4n) is 0. The van der Waals surface area contributed by atoms with Crippen LogP contribution in [0.1, 0.15) is 0 Å². The van der Waals surface area contributed by atoms with Crippen LogP contribution in [0.5, 0.6) is 0 Å². The van der Waals surface area contributed by atoms with Gasteiger partial charge in [0.2, 0.25) is 0 Å². The van der Waals surface area contributed by atoms with Crippen LogP contribution < -0.4 is 0 Å². The Hall–Kier alpha value is -0.280. The number of carbonyl (C=O) groups is 1. The predicted octanol–water partition coefficient (Wildman–Crippen LogP) is -0.124. The maximum absolute atomic E-state index is 8.36. The first-order valence-electron chi connectivity index (χ1n) is 1.08. The van der Waals surface area contributed by atoms with E-state index in [2.05, 4.69) is 11.6 Å². The second-order valence-corrected chi connectivity index (χ2v) is 0.464. The van der Waals surface area contributed by atoms with Crippen LogP contribution in [0.25, 0.3) is 0 Å². The first kappa shape index (κ1) is 9.21. The van der Waals surface area contributed by atoms with Crippen LogP contribution in [0.3, 0.4) is 0 Å². The third-order valence-corrected chi connectivity index (χ3v) is 0. The highest BCUT2D eigenvalue weighted by Crippen LogP contribution is 1.53. The van der Waals surface area contributed by atoms with Crippen LogP contribution in [-0.2, 0) is 4.79 Å². The van der Waals surface area contributed by atoms with E-state index >= 15 is 0 Å². The molecule has 0 rings (SSSR count). The molecule has 0 aromatic carbocycles. The van der Waals surface area contributed by atoms with E-state index in [1.807, 2.05) is 0 Å². The Morgan fingerprint density at radius 3 is 1.83 bits per heavy atom. The molecule has 0 fully saturated rings. The lowest BCUT2D eigenvalue weighted by Gasteiger charge is -1.49. The van der Waals surface area contributed by atoms with E-state index in [1.54, 1.807) is 0 Å². The van der Waals surface area contributed by atoms with Crippen molar-refractivity contribution in [2.24, 2.45) is 0 Å². The Kier molecular flexibility index (Phi) is 33.9. The van der Waals surface area contributed by atoms with Crippen LogP contribution in [0.4, 0.5) is 0 Å². The monoisotopic (exact) mass is 112 g/mol. The van der Waals surface area contributed by atoms with Gasteiger partial charge in [-0.05, 0) is 0 Å². The van der Waals surface area contributed by atoms with Crippen molar-refractivity contribution in [3.05, 3.63) is 0 Å². The highest BCUT2D eigenvalue weighted by molar-refractivity contribution is 6.16. The van der Waals surface area contributed by atoms with Crippen molar-refractivity contribution in [1.29, 1.82) is 0 Å². The van der Waals surface area contributed by atoms with Crippen molar-refractivity contribution in [2.45, 2.75) is 0 Å². The fraction of sp³-hybridized carbons (Fsp3) is 0.500. The Labute approximate surface area is 40.2 Å². The van der Waals surface area contributed by atoms with Gasteiger partial charge in [-0.2, -0.15) is 0 Å². The fourth-order valence-corrected chi connectivity index (χ4v) is 0. The number of hydrogen-bond acceptors (Lipinski definition) is 2. The maximum atomic E-state index is 8.36. The zero-order valence-corrected chi connectivity index (χ0v) is 3.72. The summed E-state index contributed by atoms with van der Waals surface area (Å²) < 4.78 is 0. The summed E-state index contributed by atoms with van der Waals surface area (Å²) >= 11 is 4.55. The molecule has 0 saturated heterocycles. The molecule has 0 bridgehead atoms. The zero-order chi connectivity index (χ0) is 5.41. The largest absolute Gasteiger partial charge is 0.483 e. The van der Waals surface area contributed by atoms with E-state index in [9.17, 15) is 0 Å². The number of carboxylic acid groups (broad SMARTS) is 1. The summed E-state index contributed by atoms with van der Waals surface area (Å²) in [6, 6.07) is -0.278. The van der Waals surface area contributed by atoms with Gasteiger partial charge in [0.15, 0.2) is 0 Å². The van der Waals surface area contributed by atoms with Gasteiger partial charge >= 0.3 is 0 Å². The number of aliphatic hydroxyl groups excluding tert-OH is 1. The molecule has 6 heavy (non-hydrogen) atoms. The normalized spacial score (nSPS) is 5.00. The van der Waals surface area contributed by atoms with Crippen LogP contribution >= 0.6 is 11.6 Å². The average Bonchev–Trinajstić information content (AvgIpc) is 1.39. The molecule has 0 aliphatic rings. The molecule has 38 valence electrons. The molecule has 0 unspecified atom stereocenters. The van der Waals surface area contributed by atoms with Gasteiger partial charge in [0.25, 0.3) is 6.47 Å². The highest BCUT2D eigenvalue weighted by Gasteiger charge is 1.37. The topological polar surface area (TPSA) is 57.5 Å².